The van der Waals surface area contributed by atoms with Gasteiger partial charge in [-0.15, -0.1) is 0 Å². The van der Waals surface area contributed by atoms with Crippen molar-refractivity contribution in [2.75, 3.05) is 0 Å². The molecule has 2 rings (SSSR count). The summed E-state index contributed by atoms with van der Waals surface area (Å²) in [6, 6.07) is 5.30. The smallest absolute Gasteiger partial charge is 0.342 e. The van der Waals surface area contributed by atoms with E-state index in [-0.39, 0.29) is 6.54 Å². The summed E-state index contributed by atoms with van der Waals surface area (Å²) in [5, 5.41) is 8.84. The van der Waals surface area contributed by atoms with Gasteiger partial charge in [0.15, 0.2) is 0 Å². The third-order valence-corrected chi connectivity index (χ3v) is 2.52. The first kappa shape index (κ1) is 12.7. The lowest BCUT2D eigenvalue weighted by atomic mass is 10.3. The molecule has 2 aromatic rings. The summed E-state index contributed by atoms with van der Waals surface area (Å²) in [5.41, 5.74) is -0.671. The normalized spacial score (nSPS) is 10.4. The van der Waals surface area contributed by atoms with E-state index < -0.39 is 22.8 Å². The van der Waals surface area contributed by atoms with Gasteiger partial charge in [-0.2, -0.15) is 0 Å². The summed E-state index contributed by atoms with van der Waals surface area (Å²) < 4.78 is 1.10. The Morgan fingerprint density at radius 1 is 1.42 bits per heavy atom. The maximum atomic E-state index is 11.6. The lowest BCUT2D eigenvalue weighted by Gasteiger charge is -2.06. The SMILES string of the molecule is Cc1cccc(Cn2cc(C(=O)O)c(=O)[nH]c2=O)n1. The van der Waals surface area contributed by atoms with Gasteiger partial charge in [0.1, 0.15) is 5.56 Å². The molecule has 98 valence electrons. The first-order valence-electron chi connectivity index (χ1n) is 5.47. The fraction of sp³-hybridized carbons (Fsp3) is 0.167. The first-order chi connectivity index (χ1) is 8.97. The van der Waals surface area contributed by atoms with Gasteiger partial charge in [-0.25, -0.2) is 9.59 Å². The van der Waals surface area contributed by atoms with Crippen LogP contribution in [0, 0.1) is 6.92 Å². The van der Waals surface area contributed by atoms with Crippen LogP contribution in [-0.2, 0) is 6.54 Å². The quantitative estimate of drug-likeness (QED) is 0.808. The molecular formula is C12H11N3O4. The number of aromatic nitrogens is 3. The van der Waals surface area contributed by atoms with Crippen LogP contribution in [-0.4, -0.2) is 25.6 Å². The van der Waals surface area contributed by atoms with Crippen molar-refractivity contribution >= 4 is 5.97 Å². The summed E-state index contributed by atoms with van der Waals surface area (Å²) in [7, 11) is 0. The zero-order chi connectivity index (χ0) is 14.0. The van der Waals surface area contributed by atoms with E-state index in [1.165, 1.54) is 0 Å². The lowest BCUT2D eigenvalue weighted by molar-refractivity contribution is 0.0693. The van der Waals surface area contributed by atoms with Crippen molar-refractivity contribution < 1.29 is 9.90 Å². The second-order valence-corrected chi connectivity index (χ2v) is 4.01. The van der Waals surface area contributed by atoms with Crippen LogP contribution in [0.4, 0.5) is 0 Å². The molecule has 2 N–H and O–H groups in total. The van der Waals surface area contributed by atoms with Crippen LogP contribution < -0.4 is 11.2 Å². The van der Waals surface area contributed by atoms with E-state index >= 15 is 0 Å². The van der Waals surface area contributed by atoms with Gasteiger partial charge in [0.05, 0.1) is 12.2 Å². The van der Waals surface area contributed by atoms with Crippen molar-refractivity contribution in [2.24, 2.45) is 0 Å². The van der Waals surface area contributed by atoms with Crippen LogP contribution >= 0.6 is 0 Å². The lowest BCUT2D eigenvalue weighted by Crippen LogP contribution is -2.33. The van der Waals surface area contributed by atoms with Crippen LogP contribution in [0.1, 0.15) is 21.7 Å². The molecule has 0 saturated carbocycles. The summed E-state index contributed by atoms with van der Waals surface area (Å²) >= 11 is 0. The third kappa shape index (κ3) is 2.76. The Bertz CT molecular complexity index is 745. The molecule has 0 spiro atoms. The molecule has 0 radical (unpaired) electrons. The molecule has 0 fully saturated rings. The summed E-state index contributed by atoms with van der Waals surface area (Å²) in [5.74, 6) is -1.38. The average molecular weight is 261 g/mol. The molecular weight excluding hydrogens is 250 g/mol. The van der Waals surface area contributed by atoms with Crippen molar-refractivity contribution in [1.82, 2.24) is 14.5 Å². The Hall–Kier alpha value is -2.70. The number of pyridine rings is 1. The van der Waals surface area contributed by atoms with E-state index in [0.29, 0.717) is 5.69 Å². The largest absolute Gasteiger partial charge is 0.477 e. The highest BCUT2D eigenvalue weighted by Gasteiger charge is 2.11. The highest BCUT2D eigenvalue weighted by molar-refractivity contribution is 5.86. The van der Waals surface area contributed by atoms with E-state index in [2.05, 4.69) is 4.98 Å². The molecule has 2 aromatic heterocycles. The predicted octanol–water partition coefficient (Wildman–Crippen LogP) is -0.0135. The fourth-order valence-electron chi connectivity index (χ4n) is 1.64. The molecule has 7 heteroatoms. The number of rotatable bonds is 3. The van der Waals surface area contributed by atoms with Crippen LogP contribution in [0.15, 0.2) is 34.0 Å². The molecule has 0 saturated heterocycles. The van der Waals surface area contributed by atoms with Crippen LogP contribution in [0.3, 0.4) is 0 Å². The molecule has 0 unspecified atom stereocenters. The first-order valence-corrected chi connectivity index (χ1v) is 5.47. The van der Waals surface area contributed by atoms with Gasteiger partial charge in [-0.1, -0.05) is 6.07 Å². The van der Waals surface area contributed by atoms with Gasteiger partial charge in [0, 0.05) is 11.9 Å². The molecule has 0 aliphatic rings. The van der Waals surface area contributed by atoms with Gasteiger partial charge in [-0.3, -0.25) is 19.3 Å². The fourth-order valence-corrected chi connectivity index (χ4v) is 1.64. The molecule has 19 heavy (non-hydrogen) atoms. The molecule has 0 atom stereocenters. The van der Waals surface area contributed by atoms with Gasteiger partial charge in [0.2, 0.25) is 0 Å². The van der Waals surface area contributed by atoms with Gasteiger partial charge < -0.3 is 5.11 Å². The number of hydrogen-bond donors (Lipinski definition) is 2. The van der Waals surface area contributed by atoms with Crippen molar-refractivity contribution in [3.63, 3.8) is 0 Å². The number of aromatic carboxylic acids is 1. The van der Waals surface area contributed by atoms with Gasteiger partial charge in [0.25, 0.3) is 5.56 Å². The highest BCUT2D eigenvalue weighted by atomic mass is 16.4. The Balaban J connectivity index is 2.46. The molecule has 0 aromatic carbocycles. The Labute approximate surface area is 107 Å². The number of hydrogen-bond acceptors (Lipinski definition) is 4. The van der Waals surface area contributed by atoms with Crippen molar-refractivity contribution in [2.45, 2.75) is 13.5 Å². The predicted molar refractivity (Wildman–Crippen MR) is 66.4 cm³/mol. The Morgan fingerprint density at radius 3 is 2.79 bits per heavy atom. The number of nitrogens with zero attached hydrogens (tertiary/aromatic N) is 2. The van der Waals surface area contributed by atoms with Gasteiger partial charge in [-0.05, 0) is 19.1 Å². The molecule has 0 amide bonds. The summed E-state index contributed by atoms with van der Waals surface area (Å²) in [6.07, 6.45) is 1.02. The number of aryl methyl sites for hydroxylation is 1. The van der Waals surface area contributed by atoms with Crippen molar-refractivity contribution in [3.05, 3.63) is 62.2 Å². The van der Waals surface area contributed by atoms with Crippen LogP contribution in [0.25, 0.3) is 0 Å². The van der Waals surface area contributed by atoms with E-state index in [9.17, 15) is 14.4 Å². The maximum absolute atomic E-state index is 11.6. The second-order valence-electron chi connectivity index (χ2n) is 4.01. The highest BCUT2D eigenvalue weighted by Crippen LogP contribution is 2.00. The molecule has 0 aliphatic carbocycles. The van der Waals surface area contributed by atoms with Crippen molar-refractivity contribution in [1.29, 1.82) is 0 Å². The Kier molecular flexibility index (Phi) is 3.28. The van der Waals surface area contributed by atoms with Gasteiger partial charge >= 0.3 is 11.7 Å². The zero-order valence-electron chi connectivity index (χ0n) is 10.1. The third-order valence-electron chi connectivity index (χ3n) is 2.52. The number of nitrogens with one attached hydrogen (secondary N) is 1. The monoisotopic (exact) mass is 261 g/mol. The van der Waals surface area contributed by atoms with Crippen LogP contribution in [0.5, 0.6) is 0 Å². The van der Waals surface area contributed by atoms with E-state index in [1.54, 1.807) is 12.1 Å². The average Bonchev–Trinajstić information content (AvgIpc) is 2.32. The topological polar surface area (TPSA) is 105 Å². The van der Waals surface area contributed by atoms with E-state index in [0.717, 1.165) is 16.5 Å². The summed E-state index contributed by atoms with van der Waals surface area (Å²) in [6.45, 7) is 1.90. The number of carbonyl (C=O) groups is 1. The van der Waals surface area contributed by atoms with E-state index in [4.69, 9.17) is 5.11 Å². The number of carboxylic acids is 1. The summed E-state index contributed by atoms with van der Waals surface area (Å²) in [4.78, 5) is 39.9. The van der Waals surface area contributed by atoms with Crippen molar-refractivity contribution in [3.8, 4) is 0 Å². The molecule has 7 nitrogen and oxygen atoms in total. The number of carboxylic acid groups (broad SMARTS) is 1. The molecule has 0 bridgehead atoms. The number of H-pyrrole nitrogens is 1. The van der Waals surface area contributed by atoms with Crippen LogP contribution in [0.2, 0.25) is 0 Å². The zero-order valence-corrected chi connectivity index (χ0v) is 10.1. The minimum absolute atomic E-state index is 0.0948. The molecule has 2 heterocycles. The number of aromatic amines is 1. The molecule has 0 aliphatic heterocycles. The van der Waals surface area contributed by atoms with E-state index in [1.807, 2.05) is 18.0 Å². The second kappa shape index (κ2) is 4.89. The standard InChI is InChI=1S/C12H11N3O4/c1-7-3-2-4-8(13-7)5-15-6-9(11(17)18)10(16)14-12(15)19/h2-4,6H,5H2,1H3,(H,17,18)(H,14,16,19). The minimum Gasteiger partial charge on any atom is -0.477 e. The minimum atomic E-state index is -1.38. The Morgan fingerprint density at radius 2 is 2.16 bits per heavy atom. The maximum Gasteiger partial charge on any atom is 0.342 e.